The number of nitrogens with zero attached hydrogens (tertiary/aromatic N) is 5. The number of aromatic nitrogens is 4. The summed E-state index contributed by atoms with van der Waals surface area (Å²) in [6.07, 6.45) is 4.33. The summed E-state index contributed by atoms with van der Waals surface area (Å²) < 4.78 is 25.2. The van der Waals surface area contributed by atoms with Crippen molar-refractivity contribution >= 4 is 28.0 Å². The van der Waals surface area contributed by atoms with Crippen molar-refractivity contribution in [2.75, 3.05) is 13.7 Å². The molecule has 2 bridgehead atoms. The summed E-state index contributed by atoms with van der Waals surface area (Å²) in [6, 6.07) is 14.7. The number of aliphatic hydroxyl groups excluding tert-OH is 1. The van der Waals surface area contributed by atoms with E-state index in [4.69, 9.17) is 20.4 Å². The normalized spacial score (nSPS) is 21.2. The highest BCUT2D eigenvalue weighted by molar-refractivity contribution is 6.00. The van der Waals surface area contributed by atoms with Crippen LogP contribution in [0.5, 0.6) is 5.75 Å². The van der Waals surface area contributed by atoms with Crippen LogP contribution in [0.25, 0.3) is 44.8 Å². The second-order valence-corrected chi connectivity index (χ2v) is 12.6. The lowest BCUT2D eigenvalue weighted by Gasteiger charge is -2.27. The number of amides is 1. The highest BCUT2D eigenvalue weighted by Crippen LogP contribution is 2.40. The van der Waals surface area contributed by atoms with E-state index in [1.54, 1.807) is 25.3 Å². The Hall–Kier alpha value is -4.28. The van der Waals surface area contributed by atoms with Crippen LogP contribution in [-0.2, 0) is 20.2 Å². The van der Waals surface area contributed by atoms with Crippen molar-refractivity contribution in [1.82, 2.24) is 24.0 Å². The van der Waals surface area contributed by atoms with Crippen molar-refractivity contribution in [2.24, 2.45) is 24.6 Å². The SMILES string of the molecule is COc1cc(C(=O)N2CC3CCC2[C@@H]3N)cc2nc(-c3cc4ccc(-c5cccc(CO)c5F)nc4n3CC3CC3)n(C)c12. The first kappa shape index (κ1) is 27.3. The number of benzene rings is 2. The summed E-state index contributed by atoms with van der Waals surface area (Å²) in [5.74, 6) is 1.74. The molecule has 3 fully saturated rings. The number of aryl methyl sites for hydroxylation is 1. The van der Waals surface area contributed by atoms with Crippen molar-refractivity contribution < 1.29 is 19.0 Å². The van der Waals surface area contributed by atoms with Gasteiger partial charge in [0.05, 0.1) is 30.6 Å². The average molecular weight is 595 g/mol. The molecule has 10 heteroatoms. The molecule has 3 aliphatic rings. The van der Waals surface area contributed by atoms with Crippen molar-refractivity contribution in [3.8, 4) is 28.5 Å². The molecule has 9 nitrogen and oxygen atoms in total. The Morgan fingerprint density at radius 1 is 1.11 bits per heavy atom. The van der Waals surface area contributed by atoms with E-state index in [9.17, 15) is 9.90 Å². The van der Waals surface area contributed by atoms with Crippen LogP contribution < -0.4 is 10.5 Å². The maximum atomic E-state index is 15.2. The van der Waals surface area contributed by atoms with Gasteiger partial charge in [0.15, 0.2) is 5.82 Å². The van der Waals surface area contributed by atoms with Crippen LogP contribution in [0.2, 0.25) is 0 Å². The Bertz CT molecular complexity index is 1960. The zero-order valence-electron chi connectivity index (χ0n) is 24.8. The number of carbonyl (C=O) groups excluding carboxylic acids is 1. The molecule has 4 heterocycles. The van der Waals surface area contributed by atoms with E-state index < -0.39 is 5.82 Å². The van der Waals surface area contributed by atoms with Gasteiger partial charge in [0, 0.05) is 54.3 Å². The quantitative estimate of drug-likeness (QED) is 0.278. The molecular formula is C34H35FN6O3. The standard InChI is InChI=1S/C34H35FN6O3/c1-39-31-25(12-22(14-28(31)44-2)34(43)41-16-20-9-11-26(41)30(20)36)38-33(39)27-13-19-8-10-24(23-5-3-4-21(17-42)29(23)35)37-32(19)40(27)15-18-6-7-18/h3-5,8,10,12-14,18,20,26,30,42H,6-7,9,11,15-17,36H2,1-2H3/t20?,26?,30-/m1/s1. The summed E-state index contributed by atoms with van der Waals surface area (Å²) in [5, 5.41) is 10.5. The predicted molar refractivity (Wildman–Crippen MR) is 166 cm³/mol. The van der Waals surface area contributed by atoms with Crippen LogP contribution in [0.3, 0.4) is 0 Å². The first-order valence-electron chi connectivity index (χ1n) is 15.4. The number of ether oxygens (including phenoxy) is 1. The minimum Gasteiger partial charge on any atom is -0.494 e. The smallest absolute Gasteiger partial charge is 0.254 e. The van der Waals surface area contributed by atoms with E-state index in [0.29, 0.717) is 46.5 Å². The predicted octanol–water partition coefficient (Wildman–Crippen LogP) is 4.87. The summed E-state index contributed by atoms with van der Waals surface area (Å²) >= 11 is 0. The van der Waals surface area contributed by atoms with Crippen molar-refractivity contribution in [2.45, 2.75) is 50.9 Å². The van der Waals surface area contributed by atoms with Crippen molar-refractivity contribution in [3.05, 3.63) is 65.5 Å². The maximum absolute atomic E-state index is 15.2. The number of hydrogen-bond acceptors (Lipinski definition) is 6. The van der Waals surface area contributed by atoms with Crippen LogP contribution >= 0.6 is 0 Å². The first-order chi connectivity index (χ1) is 21.4. The fourth-order valence-electron chi connectivity index (χ4n) is 7.37. The largest absolute Gasteiger partial charge is 0.494 e. The van der Waals surface area contributed by atoms with E-state index in [1.807, 2.05) is 40.8 Å². The zero-order valence-corrected chi connectivity index (χ0v) is 24.8. The molecular weight excluding hydrogens is 559 g/mol. The van der Waals surface area contributed by atoms with Crippen molar-refractivity contribution in [3.63, 3.8) is 0 Å². The minimum absolute atomic E-state index is 0.0304. The topological polar surface area (TPSA) is 111 Å². The molecule has 8 rings (SSSR count). The number of rotatable bonds is 7. The number of aliphatic hydroxyl groups is 1. The molecule has 0 radical (unpaired) electrons. The first-order valence-corrected chi connectivity index (χ1v) is 15.4. The van der Waals surface area contributed by atoms with Crippen LogP contribution in [0.1, 0.15) is 41.6 Å². The zero-order chi connectivity index (χ0) is 30.3. The highest BCUT2D eigenvalue weighted by atomic mass is 19.1. The molecule has 2 aliphatic carbocycles. The summed E-state index contributed by atoms with van der Waals surface area (Å²) in [6.45, 7) is 1.10. The van der Waals surface area contributed by atoms with Crippen LogP contribution in [0, 0.1) is 17.7 Å². The molecule has 3 aromatic heterocycles. The summed E-state index contributed by atoms with van der Waals surface area (Å²) in [5.41, 5.74) is 11.2. The third-order valence-corrected chi connectivity index (χ3v) is 9.95. The Balaban J connectivity index is 1.25. The lowest BCUT2D eigenvalue weighted by molar-refractivity contribution is 0.0700. The Labute approximate surface area is 254 Å². The molecule has 226 valence electrons. The molecule has 2 unspecified atom stereocenters. The summed E-state index contributed by atoms with van der Waals surface area (Å²) in [7, 11) is 3.57. The van der Waals surface area contributed by atoms with Gasteiger partial charge >= 0.3 is 0 Å². The van der Waals surface area contributed by atoms with Gasteiger partial charge in [-0.1, -0.05) is 12.1 Å². The number of fused-ring (bicyclic) bond motifs is 4. The number of carbonyl (C=O) groups is 1. The molecule has 0 spiro atoms. The van der Waals surface area contributed by atoms with Crippen molar-refractivity contribution in [1.29, 1.82) is 0 Å². The van der Waals surface area contributed by atoms with E-state index in [1.165, 1.54) is 0 Å². The van der Waals surface area contributed by atoms with Crippen LogP contribution in [0.15, 0.2) is 48.5 Å². The van der Waals surface area contributed by atoms with Gasteiger partial charge < -0.3 is 29.6 Å². The molecule has 2 saturated carbocycles. The lowest BCUT2D eigenvalue weighted by Crippen LogP contribution is -2.41. The highest BCUT2D eigenvalue weighted by Gasteiger charge is 2.47. The Morgan fingerprint density at radius 3 is 2.66 bits per heavy atom. The second-order valence-electron chi connectivity index (χ2n) is 12.6. The number of imidazole rings is 1. The number of likely N-dealkylation sites (tertiary alicyclic amines) is 1. The van der Waals surface area contributed by atoms with Gasteiger partial charge in [-0.2, -0.15) is 0 Å². The van der Waals surface area contributed by atoms with E-state index in [0.717, 1.165) is 60.3 Å². The molecule has 3 atom stereocenters. The molecule has 1 aliphatic heterocycles. The third kappa shape index (κ3) is 4.15. The Kier molecular flexibility index (Phi) is 6.29. The van der Waals surface area contributed by atoms with Gasteiger partial charge in [-0.15, -0.1) is 0 Å². The van der Waals surface area contributed by atoms with Gasteiger partial charge in [0.2, 0.25) is 0 Å². The Morgan fingerprint density at radius 2 is 1.95 bits per heavy atom. The average Bonchev–Trinajstić information content (AvgIpc) is 3.44. The third-order valence-electron chi connectivity index (χ3n) is 9.95. The monoisotopic (exact) mass is 594 g/mol. The number of pyridine rings is 1. The number of methoxy groups -OCH3 is 1. The van der Waals surface area contributed by atoms with Crippen LogP contribution in [0.4, 0.5) is 4.39 Å². The number of piperidine rings is 1. The molecule has 44 heavy (non-hydrogen) atoms. The summed E-state index contributed by atoms with van der Waals surface area (Å²) in [4.78, 5) is 25.7. The van der Waals surface area contributed by atoms with E-state index >= 15 is 4.39 Å². The van der Waals surface area contributed by atoms with Gasteiger partial charge in [-0.25, -0.2) is 14.4 Å². The second kappa shape index (κ2) is 10.1. The minimum atomic E-state index is -0.459. The number of nitrogens with two attached hydrogens (primary N) is 1. The van der Waals surface area contributed by atoms with Gasteiger partial charge in [0.25, 0.3) is 5.91 Å². The lowest BCUT2D eigenvalue weighted by atomic mass is 10.1. The molecule has 1 amide bonds. The van der Waals surface area contributed by atoms with Gasteiger partial charge in [-0.3, -0.25) is 4.79 Å². The fraction of sp³-hybridized carbons (Fsp3) is 0.382. The van der Waals surface area contributed by atoms with E-state index in [-0.39, 0.29) is 30.2 Å². The number of hydrogen-bond donors (Lipinski definition) is 2. The maximum Gasteiger partial charge on any atom is 0.254 e. The number of halogens is 1. The molecule has 3 N–H and O–H groups in total. The van der Waals surface area contributed by atoms with Gasteiger partial charge in [-0.05, 0) is 73.9 Å². The fourth-order valence-corrected chi connectivity index (χ4v) is 7.37. The van der Waals surface area contributed by atoms with E-state index in [2.05, 4.69) is 10.6 Å². The molecule has 5 aromatic rings. The van der Waals surface area contributed by atoms with Gasteiger partial charge in [0.1, 0.15) is 22.7 Å². The molecule has 2 aromatic carbocycles. The molecule has 1 saturated heterocycles. The van der Waals surface area contributed by atoms with Crippen LogP contribution in [-0.4, -0.2) is 60.8 Å².